The van der Waals surface area contributed by atoms with Crippen molar-refractivity contribution in [3.05, 3.63) is 11.6 Å². The fraction of sp³-hybridized carbons (Fsp3) is 0.850. The van der Waals surface area contributed by atoms with Crippen molar-refractivity contribution in [3.8, 4) is 0 Å². The standard InChI is InChI=1S/C20H32O3/c1-5-18(3,4)17(21)23-20(15-8-6-14(2)7-9-15)13-19(22)11-10-16(20)12-19/h8,14,16,22H,5-7,9-13H2,1-4H3. The number of esters is 1. The first-order chi connectivity index (χ1) is 10.7. The van der Waals surface area contributed by atoms with Gasteiger partial charge < -0.3 is 9.84 Å². The number of carbonyl (C=O) groups is 1. The number of allylic oxidation sites excluding steroid dienone is 1. The average Bonchev–Trinajstić information content (AvgIpc) is 3.01. The molecule has 0 aliphatic heterocycles. The molecule has 2 bridgehead atoms. The third kappa shape index (κ3) is 2.86. The Morgan fingerprint density at radius 2 is 2.17 bits per heavy atom. The van der Waals surface area contributed by atoms with Gasteiger partial charge in [-0.25, -0.2) is 0 Å². The number of fused-ring (bicyclic) bond motifs is 2. The van der Waals surface area contributed by atoms with E-state index >= 15 is 0 Å². The minimum Gasteiger partial charge on any atom is -0.454 e. The molecule has 2 saturated carbocycles. The van der Waals surface area contributed by atoms with Crippen molar-refractivity contribution in [2.75, 3.05) is 0 Å². The SMILES string of the molecule is CCC(C)(C)C(=O)OC1(C2=CCC(C)CC2)CC2(O)CCC1C2. The van der Waals surface area contributed by atoms with E-state index in [9.17, 15) is 9.90 Å². The molecule has 2 fully saturated rings. The first-order valence-electron chi connectivity index (χ1n) is 9.36. The maximum Gasteiger partial charge on any atom is 0.312 e. The predicted molar refractivity (Wildman–Crippen MR) is 90.9 cm³/mol. The van der Waals surface area contributed by atoms with Gasteiger partial charge in [-0.3, -0.25) is 4.79 Å². The molecule has 0 saturated heterocycles. The first kappa shape index (κ1) is 17.0. The van der Waals surface area contributed by atoms with Gasteiger partial charge in [0.05, 0.1) is 11.0 Å². The van der Waals surface area contributed by atoms with E-state index in [2.05, 4.69) is 13.0 Å². The molecular formula is C20H32O3. The van der Waals surface area contributed by atoms with E-state index in [-0.39, 0.29) is 5.97 Å². The summed E-state index contributed by atoms with van der Waals surface area (Å²) in [6, 6.07) is 0. The van der Waals surface area contributed by atoms with Gasteiger partial charge in [0, 0.05) is 12.3 Å². The van der Waals surface area contributed by atoms with Crippen molar-refractivity contribution in [2.24, 2.45) is 17.3 Å². The molecule has 0 aromatic rings. The lowest BCUT2D eigenvalue weighted by atomic mass is 9.72. The van der Waals surface area contributed by atoms with Crippen molar-refractivity contribution in [3.63, 3.8) is 0 Å². The summed E-state index contributed by atoms with van der Waals surface area (Å²) in [5.74, 6) is 0.902. The third-order valence-corrected chi connectivity index (χ3v) is 6.76. The second-order valence-electron chi connectivity index (χ2n) is 8.97. The average molecular weight is 320 g/mol. The van der Waals surface area contributed by atoms with Gasteiger partial charge >= 0.3 is 5.97 Å². The lowest BCUT2D eigenvalue weighted by Gasteiger charge is -2.43. The zero-order chi connectivity index (χ0) is 16.9. The summed E-state index contributed by atoms with van der Waals surface area (Å²) in [6.45, 7) is 8.23. The van der Waals surface area contributed by atoms with Gasteiger partial charge in [0.1, 0.15) is 5.60 Å². The van der Waals surface area contributed by atoms with Crippen LogP contribution in [-0.2, 0) is 9.53 Å². The predicted octanol–water partition coefficient (Wildman–Crippen LogP) is 4.39. The van der Waals surface area contributed by atoms with E-state index in [1.54, 1.807) is 0 Å². The molecule has 0 radical (unpaired) electrons. The molecule has 0 aromatic heterocycles. The summed E-state index contributed by atoms with van der Waals surface area (Å²) < 4.78 is 6.26. The highest BCUT2D eigenvalue weighted by Gasteiger charge is 2.62. The van der Waals surface area contributed by atoms with Gasteiger partial charge in [-0.1, -0.05) is 19.9 Å². The fourth-order valence-electron chi connectivity index (χ4n) is 4.66. The molecule has 4 atom stereocenters. The topological polar surface area (TPSA) is 46.5 Å². The molecule has 3 rings (SSSR count). The molecule has 0 aromatic carbocycles. The highest BCUT2D eigenvalue weighted by atomic mass is 16.6. The van der Waals surface area contributed by atoms with Gasteiger partial charge in [0.15, 0.2) is 0 Å². The Balaban J connectivity index is 1.91. The van der Waals surface area contributed by atoms with Crippen LogP contribution in [0.3, 0.4) is 0 Å². The fourth-order valence-corrected chi connectivity index (χ4v) is 4.66. The Bertz CT molecular complexity index is 521. The zero-order valence-electron chi connectivity index (χ0n) is 15.2. The van der Waals surface area contributed by atoms with Gasteiger partial charge in [-0.2, -0.15) is 0 Å². The van der Waals surface area contributed by atoms with E-state index in [0.717, 1.165) is 44.9 Å². The number of carbonyl (C=O) groups excluding carboxylic acids is 1. The second kappa shape index (κ2) is 5.61. The monoisotopic (exact) mass is 320 g/mol. The van der Waals surface area contributed by atoms with Gasteiger partial charge in [-0.15, -0.1) is 0 Å². The quantitative estimate of drug-likeness (QED) is 0.617. The van der Waals surface area contributed by atoms with Crippen LogP contribution in [-0.4, -0.2) is 22.3 Å². The maximum absolute atomic E-state index is 12.8. The summed E-state index contributed by atoms with van der Waals surface area (Å²) >= 11 is 0. The van der Waals surface area contributed by atoms with Gasteiger partial charge in [-0.05, 0) is 70.3 Å². The summed E-state index contributed by atoms with van der Waals surface area (Å²) in [4.78, 5) is 12.8. The number of ether oxygens (including phenoxy) is 1. The van der Waals surface area contributed by atoms with Crippen LogP contribution in [0.4, 0.5) is 0 Å². The Labute approximate surface area is 140 Å². The smallest absolute Gasteiger partial charge is 0.312 e. The molecule has 3 aliphatic carbocycles. The van der Waals surface area contributed by atoms with Crippen LogP contribution in [0.5, 0.6) is 0 Å². The van der Waals surface area contributed by atoms with Crippen molar-refractivity contribution in [1.82, 2.24) is 0 Å². The minimum atomic E-state index is -0.620. The Morgan fingerprint density at radius 1 is 1.43 bits per heavy atom. The van der Waals surface area contributed by atoms with Crippen LogP contribution in [0.25, 0.3) is 0 Å². The molecule has 1 N–H and O–H groups in total. The van der Waals surface area contributed by atoms with E-state index in [1.165, 1.54) is 5.57 Å². The van der Waals surface area contributed by atoms with Crippen LogP contribution in [0.1, 0.15) is 79.1 Å². The second-order valence-corrected chi connectivity index (χ2v) is 8.97. The molecular weight excluding hydrogens is 288 g/mol. The van der Waals surface area contributed by atoms with E-state index in [0.29, 0.717) is 18.3 Å². The number of rotatable bonds is 4. The maximum atomic E-state index is 12.8. The minimum absolute atomic E-state index is 0.101. The molecule has 130 valence electrons. The van der Waals surface area contributed by atoms with Crippen molar-refractivity contribution in [1.29, 1.82) is 0 Å². The Hall–Kier alpha value is -0.830. The zero-order valence-corrected chi connectivity index (χ0v) is 15.2. The molecule has 23 heavy (non-hydrogen) atoms. The Morgan fingerprint density at radius 3 is 2.65 bits per heavy atom. The molecule has 3 nitrogen and oxygen atoms in total. The third-order valence-electron chi connectivity index (χ3n) is 6.76. The lowest BCUT2D eigenvalue weighted by molar-refractivity contribution is -0.174. The largest absolute Gasteiger partial charge is 0.454 e. The van der Waals surface area contributed by atoms with Crippen LogP contribution in [0, 0.1) is 17.3 Å². The number of hydrogen-bond acceptors (Lipinski definition) is 3. The van der Waals surface area contributed by atoms with Crippen molar-refractivity contribution in [2.45, 2.75) is 90.3 Å². The number of aliphatic hydroxyl groups is 1. The van der Waals surface area contributed by atoms with Crippen LogP contribution in [0.2, 0.25) is 0 Å². The Kier molecular flexibility index (Phi) is 4.15. The van der Waals surface area contributed by atoms with Gasteiger partial charge in [0.25, 0.3) is 0 Å². The number of hydrogen-bond donors (Lipinski definition) is 1. The first-order valence-corrected chi connectivity index (χ1v) is 9.36. The molecule has 3 aliphatic rings. The van der Waals surface area contributed by atoms with Crippen molar-refractivity contribution < 1.29 is 14.6 Å². The van der Waals surface area contributed by atoms with Crippen LogP contribution >= 0.6 is 0 Å². The molecule has 4 unspecified atom stereocenters. The van der Waals surface area contributed by atoms with E-state index < -0.39 is 16.6 Å². The molecule has 0 spiro atoms. The summed E-state index contributed by atoms with van der Waals surface area (Å²) in [6.07, 6.45) is 9.55. The highest BCUT2D eigenvalue weighted by molar-refractivity contribution is 5.76. The van der Waals surface area contributed by atoms with Crippen LogP contribution in [0.15, 0.2) is 11.6 Å². The summed E-state index contributed by atoms with van der Waals surface area (Å²) in [7, 11) is 0. The molecule has 0 amide bonds. The van der Waals surface area contributed by atoms with Crippen molar-refractivity contribution >= 4 is 5.97 Å². The van der Waals surface area contributed by atoms with E-state index in [4.69, 9.17) is 4.74 Å². The van der Waals surface area contributed by atoms with Gasteiger partial charge in [0.2, 0.25) is 0 Å². The lowest BCUT2D eigenvalue weighted by Crippen LogP contribution is -2.47. The highest BCUT2D eigenvalue weighted by Crippen LogP contribution is 2.59. The van der Waals surface area contributed by atoms with Crippen LogP contribution < -0.4 is 0 Å². The normalized spacial score (nSPS) is 40.1. The van der Waals surface area contributed by atoms with E-state index in [1.807, 2.05) is 20.8 Å². The summed E-state index contributed by atoms with van der Waals surface area (Å²) in [5, 5.41) is 10.8. The summed E-state index contributed by atoms with van der Waals surface area (Å²) in [5.41, 5.74) is -0.321. The molecule has 3 heteroatoms. The molecule has 0 heterocycles.